The van der Waals surface area contributed by atoms with E-state index in [9.17, 15) is 18.8 Å². The van der Waals surface area contributed by atoms with Gasteiger partial charge in [0.1, 0.15) is 16.5 Å². The summed E-state index contributed by atoms with van der Waals surface area (Å²) in [5, 5.41) is 2.29. The molecule has 0 unspecified atom stereocenters. The third-order valence-corrected chi connectivity index (χ3v) is 6.08. The summed E-state index contributed by atoms with van der Waals surface area (Å²) in [6.07, 6.45) is 0. The maximum atomic E-state index is 13.5. The van der Waals surface area contributed by atoms with Crippen LogP contribution in [-0.4, -0.2) is 24.3 Å². The van der Waals surface area contributed by atoms with E-state index in [1.165, 1.54) is 12.1 Å². The number of nitrogens with one attached hydrogen (secondary N) is 1. The van der Waals surface area contributed by atoms with Crippen molar-refractivity contribution in [1.82, 2.24) is 0 Å². The van der Waals surface area contributed by atoms with Crippen LogP contribution < -0.4 is 15.1 Å². The quantitative estimate of drug-likeness (QED) is 0.419. The molecule has 3 aromatic carbocycles. The normalized spacial score (nSPS) is 13.5. The van der Waals surface area contributed by atoms with E-state index in [1.807, 2.05) is 38.1 Å². The molecular weight excluding hydrogens is 492 g/mol. The summed E-state index contributed by atoms with van der Waals surface area (Å²) in [6, 6.07) is 17.6. The second-order valence-electron chi connectivity index (χ2n) is 7.83. The molecule has 0 saturated carbocycles. The number of imide groups is 1. The smallest absolute Gasteiger partial charge is 0.283 e. The zero-order valence-electron chi connectivity index (χ0n) is 18.8. The Morgan fingerprint density at radius 1 is 1.00 bits per heavy atom. The first kappa shape index (κ1) is 24.4. The molecule has 1 N–H and O–H groups in total. The number of rotatable bonds is 6. The maximum absolute atomic E-state index is 13.5. The van der Waals surface area contributed by atoms with Crippen molar-refractivity contribution in [1.29, 1.82) is 0 Å². The minimum absolute atomic E-state index is 0.0852. The summed E-state index contributed by atoms with van der Waals surface area (Å²) in [5.41, 5.74) is 2.50. The zero-order chi connectivity index (χ0) is 25.3. The fourth-order valence-electron chi connectivity index (χ4n) is 3.74. The molecule has 0 spiro atoms. The van der Waals surface area contributed by atoms with Crippen LogP contribution in [0.4, 0.5) is 21.5 Å². The molecular formula is C26H20Cl2FN3O3. The number of amides is 3. The highest BCUT2D eigenvalue weighted by atomic mass is 35.5. The second kappa shape index (κ2) is 9.90. The Hall–Kier alpha value is -3.68. The summed E-state index contributed by atoms with van der Waals surface area (Å²) in [4.78, 5) is 41.4. The lowest BCUT2D eigenvalue weighted by atomic mass is 10.1. The Morgan fingerprint density at radius 3 is 2.43 bits per heavy atom. The van der Waals surface area contributed by atoms with Gasteiger partial charge in [0.15, 0.2) is 0 Å². The number of aryl methyl sites for hydroxylation is 1. The van der Waals surface area contributed by atoms with Gasteiger partial charge < -0.3 is 10.2 Å². The van der Waals surface area contributed by atoms with E-state index in [0.29, 0.717) is 17.8 Å². The molecule has 0 fully saturated rings. The van der Waals surface area contributed by atoms with Crippen molar-refractivity contribution in [2.45, 2.75) is 13.8 Å². The van der Waals surface area contributed by atoms with E-state index in [-0.39, 0.29) is 27.3 Å². The van der Waals surface area contributed by atoms with Gasteiger partial charge in [0.2, 0.25) is 0 Å². The van der Waals surface area contributed by atoms with Gasteiger partial charge in [-0.15, -0.1) is 0 Å². The molecule has 0 saturated heterocycles. The van der Waals surface area contributed by atoms with Crippen LogP contribution in [0.15, 0.2) is 77.5 Å². The first-order valence-corrected chi connectivity index (χ1v) is 11.5. The van der Waals surface area contributed by atoms with Gasteiger partial charge in [0.25, 0.3) is 17.7 Å². The van der Waals surface area contributed by atoms with Crippen LogP contribution >= 0.6 is 23.2 Å². The van der Waals surface area contributed by atoms with Gasteiger partial charge >= 0.3 is 0 Å². The van der Waals surface area contributed by atoms with Crippen molar-refractivity contribution in [2.75, 3.05) is 21.7 Å². The molecule has 4 rings (SSSR count). The molecule has 0 aromatic heterocycles. The molecule has 3 aromatic rings. The Labute approximate surface area is 211 Å². The van der Waals surface area contributed by atoms with E-state index in [0.717, 1.165) is 22.2 Å². The molecule has 1 aliphatic rings. The van der Waals surface area contributed by atoms with Crippen LogP contribution in [-0.2, 0) is 9.59 Å². The van der Waals surface area contributed by atoms with Crippen LogP contribution in [0.3, 0.4) is 0 Å². The van der Waals surface area contributed by atoms with Crippen molar-refractivity contribution < 1.29 is 18.8 Å². The highest BCUT2D eigenvalue weighted by Gasteiger charge is 2.39. The summed E-state index contributed by atoms with van der Waals surface area (Å²) in [7, 11) is 0. The summed E-state index contributed by atoms with van der Waals surface area (Å²) in [6.45, 7) is 4.29. The standard InChI is InChI=1S/C26H20Cl2FN3O3/c1-3-31(18-9-4-6-15(2)12-18)24(33)16-7-5-8-17(13-16)30-23-22(28)25(34)32(26(23)35)19-10-11-21(29)20(27)14-19/h4-14,30H,3H2,1-2H3. The molecule has 3 amide bonds. The van der Waals surface area contributed by atoms with Crippen LogP contribution in [0, 0.1) is 12.7 Å². The topological polar surface area (TPSA) is 69.7 Å². The van der Waals surface area contributed by atoms with Crippen LogP contribution in [0.1, 0.15) is 22.8 Å². The molecule has 1 aliphatic heterocycles. The summed E-state index contributed by atoms with van der Waals surface area (Å²) >= 11 is 12.0. The van der Waals surface area contributed by atoms with Gasteiger partial charge in [0, 0.05) is 23.5 Å². The predicted molar refractivity (Wildman–Crippen MR) is 135 cm³/mol. The number of carbonyl (C=O) groups is 3. The van der Waals surface area contributed by atoms with Gasteiger partial charge in [-0.3, -0.25) is 14.4 Å². The first-order chi connectivity index (χ1) is 16.7. The van der Waals surface area contributed by atoms with E-state index >= 15 is 0 Å². The van der Waals surface area contributed by atoms with Crippen molar-refractivity contribution >= 4 is 58.0 Å². The maximum Gasteiger partial charge on any atom is 0.283 e. The van der Waals surface area contributed by atoms with E-state index in [2.05, 4.69) is 5.32 Å². The van der Waals surface area contributed by atoms with E-state index < -0.39 is 17.6 Å². The van der Waals surface area contributed by atoms with Crippen LogP contribution in [0.5, 0.6) is 0 Å². The second-order valence-corrected chi connectivity index (χ2v) is 8.61. The number of nitrogens with zero attached hydrogens (tertiary/aromatic N) is 2. The number of hydrogen-bond donors (Lipinski definition) is 1. The average molecular weight is 512 g/mol. The van der Waals surface area contributed by atoms with Crippen molar-refractivity contribution in [2.24, 2.45) is 0 Å². The third-order valence-electron chi connectivity index (χ3n) is 5.44. The Bertz CT molecular complexity index is 1390. The zero-order valence-corrected chi connectivity index (χ0v) is 20.3. The lowest BCUT2D eigenvalue weighted by Gasteiger charge is -2.22. The Morgan fingerprint density at radius 2 is 1.74 bits per heavy atom. The molecule has 6 nitrogen and oxygen atoms in total. The van der Waals surface area contributed by atoms with Gasteiger partial charge in [-0.1, -0.05) is 41.4 Å². The highest BCUT2D eigenvalue weighted by Crippen LogP contribution is 2.32. The Balaban J connectivity index is 1.59. The monoisotopic (exact) mass is 511 g/mol. The van der Waals surface area contributed by atoms with Gasteiger partial charge in [0.05, 0.1) is 10.7 Å². The lowest BCUT2D eigenvalue weighted by Crippen LogP contribution is -2.32. The van der Waals surface area contributed by atoms with E-state index in [1.54, 1.807) is 29.2 Å². The largest absolute Gasteiger partial charge is 0.350 e. The number of halogens is 3. The lowest BCUT2D eigenvalue weighted by molar-refractivity contribution is -0.120. The van der Waals surface area contributed by atoms with Crippen molar-refractivity contribution in [3.8, 4) is 0 Å². The van der Waals surface area contributed by atoms with E-state index in [4.69, 9.17) is 23.2 Å². The first-order valence-electron chi connectivity index (χ1n) is 10.7. The molecule has 0 atom stereocenters. The molecule has 178 valence electrons. The molecule has 0 bridgehead atoms. The van der Waals surface area contributed by atoms with Gasteiger partial charge in [-0.25, -0.2) is 9.29 Å². The SMILES string of the molecule is CCN(C(=O)c1cccc(NC2=C(Cl)C(=O)N(c3ccc(F)c(Cl)c3)C2=O)c1)c1cccc(C)c1. The average Bonchev–Trinajstić information content (AvgIpc) is 3.04. The molecule has 1 heterocycles. The fourth-order valence-corrected chi connectivity index (χ4v) is 4.13. The minimum atomic E-state index is -0.773. The number of hydrogen-bond acceptors (Lipinski definition) is 4. The van der Waals surface area contributed by atoms with Crippen molar-refractivity contribution in [3.63, 3.8) is 0 Å². The molecule has 9 heteroatoms. The minimum Gasteiger partial charge on any atom is -0.350 e. The van der Waals surface area contributed by atoms with Crippen molar-refractivity contribution in [3.05, 3.63) is 99.4 Å². The predicted octanol–water partition coefficient (Wildman–Crippen LogP) is 5.89. The molecule has 0 radical (unpaired) electrons. The number of anilines is 3. The molecule has 0 aliphatic carbocycles. The summed E-state index contributed by atoms with van der Waals surface area (Å²) in [5.74, 6) is -2.40. The van der Waals surface area contributed by atoms with Gasteiger partial charge in [-0.2, -0.15) is 0 Å². The third kappa shape index (κ3) is 4.78. The van der Waals surface area contributed by atoms with Gasteiger partial charge in [-0.05, 0) is 67.9 Å². The summed E-state index contributed by atoms with van der Waals surface area (Å²) < 4.78 is 13.5. The number of benzene rings is 3. The number of carbonyl (C=O) groups excluding carboxylic acids is 3. The van der Waals surface area contributed by atoms with Crippen LogP contribution in [0.25, 0.3) is 0 Å². The fraction of sp³-hybridized carbons (Fsp3) is 0.115. The Kier molecular flexibility index (Phi) is 6.91. The highest BCUT2D eigenvalue weighted by molar-refractivity contribution is 6.53. The molecule has 35 heavy (non-hydrogen) atoms. The van der Waals surface area contributed by atoms with Crippen LogP contribution in [0.2, 0.25) is 5.02 Å².